The van der Waals surface area contributed by atoms with Crippen LogP contribution in [0.1, 0.15) is 97.0 Å². The highest BCUT2D eigenvalue weighted by Gasteiger charge is 2.54. The van der Waals surface area contributed by atoms with Crippen molar-refractivity contribution in [3.8, 4) is 0 Å². The first-order valence-corrected chi connectivity index (χ1v) is 17.8. The van der Waals surface area contributed by atoms with E-state index in [1.165, 1.54) is 18.4 Å². The van der Waals surface area contributed by atoms with Gasteiger partial charge in [-0.3, -0.25) is 34.3 Å². The third-order valence-electron chi connectivity index (χ3n) is 10.3. The lowest BCUT2D eigenvalue weighted by molar-refractivity contribution is -0.145. The SMILES string of the molecule is CNC(=O)C(=O)C(CC1CCC1)NC(=O)[C@@H]1C[C@]2(C=C(c3cccc(Cl)c3)NO2)CN1C(=O)[C@@H](NC(=O)CC1CCCCC1)C(C)(C)C. The van der Waals surface area contributed by atoms with E-state index < -0.39 is 52.6 Å². The molecule has 0 bridgehead atoms. The summed E-state index contributed by atoms with van der Waals surface area (Å²) in [7, 11) is 1.38. The Balaban J connectivity index is 1.42. The van der Waals surface area contributed by atoms with Gasteiger partial charge >= 0.3 is 0 Å². The maximum absolute atomic E-state index is 14.6. The van der Waals surface area contributed by atoms with Crippen LogP contribution in [0.3, 0.4) is 0 Å². The average Bonchev–Trinajstić information content (AvgIpc) is 3.63. The largest absolute Gasteiger partial charge is 0.353 e. The van der Waals surface area contributed by atoms with Crippen LogP contribution < -0.4 is 21.4 Å². The smallest absolute Gasteiger partial charge is 0.289 e. The van der Waals surface area contributed by atoms with Gasteiger partial charge < -0.3 is 20.9 Å². The van der Waals surface area contributed by atoms with Crippen LogP contribution in [0.15, 0.2) is 30.3 Å². The molecule has 1 saturated heterocycles. The summed E-state index contributed by atoms with van der Waals surface area (Å²) in [4.78, 5) is 75.2. The van der Waals surface area contributed by atoms with E-state index in [1.807, 2.05) is 39.0 Å². The Labute approximate surface area is 288 Å². The molecule has 2 saturated carbocycles. The quantitative estimate of drug-likeness (QED) is 0.258. The minimum absolute atomic E-state index is 0.0305. The Morgan fingerprint density at radius 1 is 1.02 bits per heavy atom. The third-order valence-corrected chi connectivity index (χ3v) is 10.6. The maximum atomic E-state index is 14.6. The van der Waals surface area contributed by atoms with Gasteiger partial charge in [0.05, 0.1) is 18.3 Å². The predicted octanol–water partition coefficient (Wildman–Crippen LogP) is 4.05. The van der Waals surface area contributed by atoms with Crippen molar-refractivity contribution >= 4 is 46.7 Å². The van der Waals surface area contributed by atoms with Crippen LogP contribution in [0.5, 0.6) is 0 Å². The molecule has 2 heterocycles. The Morgan fingerprint density at radius 3 is 2.35 bits per heavy atom. The summed E-state index contributed by atoms with van der Waals surface area (Å²) in [5.41, 5.74) is 2.66. The van der Waals surface area contributed by atoms with E-state index in [0.29, 0.717) is 29.5 Å². The number of Topliss-reactive ketones (excluding diaryl/α,β-unsaturated/α-hetero) is 1. The van der Waals surface area contributed by atoms with Crippen LogP contribution in [-0.2, 0) is 28.8 Å². The number of likely N-dealkylation sites (N-methyl/N-ethyl adjacent to an activating group) is 1. The molecule has 4 aliphatic rings. The lowest BCUT2D eigenvalue weighted by Crippen LogP contribution is -2.59. The van der Waals surface area contributed by atoms with Crippen molar-refractivity contribution in [1.29, 1.82) is 0 Å². The summed E-state index contributed by atoms with van der Waals surface area (Å²) in [5, 5.41) is 8.80. The van der Waals surface area contributed by atoms with Crippen molar-refractivity contribution in [3.63, 3.8) is 0 Å². The lowest BCUT2D eigenvalue weighted by atomic mass is 9.80. The van der Waals surface area contributed by atoms with Gasteiger partial charge in [0.2, 0.25) is 23.5 Å². The van der Waals surface area contributed by atoms with E-state index in [-0.39, 0.29) is 24.8 Å². The molecule has 48 heavy (non-hydrogen) atoms. The summed E-state index contributed by atoms with van der Waals surface area (Å²) in [6.45, 7) is 5.69. The zero-order chi connectivity index (χ0) is 34.6. The fraction of sp³-hybridized carbons (Fsp3) is 0.639. The number of rotatable bonds is 11. The van der Waals surface area contributed by atoms with Gasteiger partial charge in [-0.25, -0.2) is 0 Å². The first kappa shape index (κ1) is 35.9. The summed E-state index contributed by atoms with van der Waals surface area (Å²) >= 11 is 6.25. The van der Waals surface area contributed by atoms with Crippen LogP contribution in [-0.4, -0.2) is 71.6 Å². The number of hydrogen-bond acceptors (Lipinski definition) is 7. The van der Waals surface area contributed by atoms with Gasteiger partial charge in [-0.2, -0.15) is 0 Å². The van der Waals surface area contributed by atoms with Gasteiger partial charge in [0.25, 0.3) is 5.91 Å². The first-order chi connectivity index (χ1) is 22.8. The molecule has 262 valence electrons. The molecule has 1 aromatic carbocycles. The predicted molar refractivity (Wildman–Crippen MR) is 182 cm³/mol. The maximum Gasteiger partial charge on any atom is 0.289 e. The number of nitrogens with zero attached hydrogens (tertiary/aromatic N) is 1. The second-order valence-corrected chi connectivity index (χ2v) is 15.6. The average molecular weight is 684 g/mol. The highest BCUT2D eigenvalue weighted by molar-refractivity contribution is 6.38. The van der Waals surface area contributed by atoms with Crippen LogP contribution in [0.4, 0.5) is 0 Å². The monoisotopic (exact) mass is 683 g/mol. The molecule has 11 nitrogen and oxygen atoms in total. The van der Waals surface area contributed by atoms with E-state index in [2.05, 4.69) is 21.4 Å². The Hall–Kier alpha value is -3.44. The molecule has 2 aliphatic carbocycles. The second kappa shape index (κ2) is 15.0. The van der Waals surface area contributed by atoms with Gasteiger partial charge in [-0.15, -0.1) is 0 Å². The minimum Gasteiger partial charge on any atom is -0.353 e. The number of carbonyl (C=O) groups excluding carboxylic acids is 5. The van der Waals surface area contributed by atoms with Gasteiger partial charge in [0.1, 0.15) is 17.7 Å². The van der Waals surface area contributed by atoms with Crippen LogP contribution in [0.25, 0.3) is 5.70 Å². The molecule has 4 atom stereocenters. The standard InChI is InChI=1S/C36H50ClN5O6/c1-35(2,3)31(40-29(43)17-23-10-6-5-7-11-23)34(47)42-21-36(19-27(41-48-36)24-14-9-15-25(37)18-24)20-28(42)32(45)39-26(16-22-12-8-13-22)30(44)33(46)38-4/h9,14-15,18-19,22-23,26,28,31,41H,5-8,10-13,16-17,20-21H2,1-4H3,(H,38,46)(H,39,45)(H,40,43)/t26?,28-,31+,36+/m0/s1. The molecule has 1 spiro atoms. The number of benzene rings is 1. The van der Waals surface area contributed by atoms with E-state index >= 15 is 0 Å². The van der Waals surface area contributed by atoms with Crippen molar-refractivity contribution in [2.75, 3.05) is 13.6 Å². The number of likely N-dealkylation sites (tertiary alicyclic amines) is 1. The number of amides is 4. The Morgan fingerprint density at radius 2 is 1.73 bits per heavy atom. The fourth-order valence-electron chi connectivity index (χ4n) is 7.35. The molecule has 5 rings (SSSR count). The zero-order valence-electron chi connectivity index (χ0n) is 28.5. The van der Waals surface area contributed by atoms with E-state index in [9.17, 15) is 24.0 Å². The molecular weight excluding hydrogens is 634 g/mol. The second-order valence-electron chi connectivity index (χ2n) is 15.1. The number of carbonyl (C=O) groups is 5. The highest BCUT2D eigenvalue weighted by Crippen LogP contribution is 2.39. The van der Waals surface area contributed by atoms with Crippen LogP contribution in [0, 0.1) is 17.3 Å². The van der Waals surface area contributed by atoms with E-state index in [0.717, 1.165) is 50.5 Å². The van der Waals surface area contributed by atoms with Crippen molar-refractivity contribution in [2.45, 2.75) is 115 Å². The van der Waals surface area contributed by atoms with E-state index in [1.54, 1.807) is 12.1 Å². The van der Waals surface area contributed by atoms with E-state index in [4.69, 9.17) is 16.4 Å². The number of ketones is 1. The molecular formula is C36H50ClN5O6. The summed E-state index contributed by atoms with van der Waals surface area (Å²) < 4.78 is 0. The normalized spacial score (nSPS) is 24.2. The molecule has 12 heteroatoms. The molecule has 4 amide bonds. The molecule has 1 aromatic rings. The van der Waals surface area contributed by atoms with Gasteiger partial charge in [-0.05, 0) is 54.7 Å². The number of halogens is 1. The zero-order valence-corrected chi connectivity index (χ0v) is 29.3. The van der Waals surface area contributed by atoms with Gasteiger partial charge in [-0.1, -0.05) is 83.0 Å². The van der Waals surface area contributed by atoms with Crippen molar-refractivity contribution in [1.82, 2.24) is 26.3 Å². The lowest BCUT2D eigenvalue weighted by Gasteiger charge is -2.36. The highest BCUT2D eigenvalue weighted by atomic mass is 35.5. The molecule has 2 aliphatic heterocycles. The topological polar surface area (TPSA) is 146 Å². The molecule has 1 unspecified atom stereocenters. The molecule has 3 fully saturated rings. The molecule has 0 aromatic heterocycles. The van der Waals surface area contributed by atoms with Crippen molar-refractivity contribution in [2.24, 2.45) is 17.3 Å². The van der Waals surface area contributed by atoms with Gasteiger partial charge in [0.15, 0.2) is 0 Å². The minimum atomic E-state index is -1.07. The van der Waals surface area contributed by atoms with Crippen molar-refractivity contribution < 1.29 is 28.8 Å². The molecule has 0 radical (unpaired) electrons. The molecule has 4 N–H and O–H groups in total. The van der Waals surface area contributed by atoms with Crippen molar-refractivity contribution in [3.05, 3.63) is 40.9 Å². The summed E-state index contributed by atoms with van der Waals surface area (Å²) in [6, 6.07) is 4.29. The number of nitrogens with one attached hydrogen (secondary N) is 4. The fourth-order valence-corrected chi connectivity index (χ4v) is 7.54. The van der Waals surface area contributed by atoms with Crippen LogP contribution in [0.2, 0.25) is 5.02 Å². The Kier molecular flexibility index (Phi) is 11.2. The third kappa shape index (κ3) is 8.40. The first-order valence-electron chi connectivity index (χ1n) is 17.4. The summed E-state index contributed by atoms with van der Waals surface area (Å²) in [5.74, 6) is -2.10. The van der Waals surface area contributed by atoms with Crippen LogP contribution >= 0.6 is 11.6 Å². The number of hydroxylamine groups is 1. The Bertz CT molecular complexity index is 1430. The van der Waals surface area contributed by atoms with Gasteiger partial charge in [0, 0.05) is 30.5 Å². The summed E-state index contributed by atoms with van der Waals surface area (Å²) in [6.07, 6.45) is 11.0. The number of hydrogen-bond donors (Lipinski definition) is 4.